The van der Waals surface area contributed by atoms with Crippen molar-refractivity contribution in [2.24, 2.45) is 4.99 Å². The number of hydrogen-bond donors (Lipinski definition) is 3. The minimum absolute atomic E-state index is 0.210. The summed E-state index contributed by atoms with van der Waals surface area (Å²) in [5, 5.41) is 7.63. The number of halogens is 1. The van der Waals surface area contributed by atoms with Gasteiger partial charge in [-0.05, 0) is 36.6 Å². The van der Waals surface area contributed by atoms with E-state index in [1.807, 2.05) is 25.1 Å². The number of nitrogens with zero attached hydrogens (tertiary/aromatic N) is 1. The van der Waals surface area contributed by atoms with Crippen LogP contribution in [-0.4, -0.2) is 30.6 Å². The standard InChI is InChI=1S/C20H23FN4O/c1-14(26-19-10-6-4-8-17(19)21)12-23-20(22-2)24-13-16-11-15-7-3-5-9-18(15)25-16/h3-11,14,25H,12-13H2,1-2H3,(H2,22,23,24). The fourth-order valence-corrected chi connectivity index (χ4v) is 2.67. The summed E-state index contributed by atoms with van der Waals surface area (Å²) in [6, 6.07) is 16.7. The fraction of sp³-hybridized carbons (Fsp3) is 0.250. The van der Waals surface area contributed by atoms with Gasteiger partial charge in [-0.15, -0.1) is 0 Å². The van der Waals surface area contributed by atoms with Crippen LogP contribution in [0.2, 0.25) is 0 Å². The topological polar surface area (TPSA) is 61.4 Å². The Balaban J connectivity index is 1.49. The zero-order chi connectivity index (χ0) is 18.4. The van der Waals surface area contributed by atoms with E-state index in [1.165, 1.54) is 11.5 Å². The van der Waals surface area contributed by atoms with Crippen LogP contribution in [0.4, 0.5) is 4.39 Å². The maximum Gasteiger partial charge on any atom is 0.191 e. The average Bonchev–Trinajstić information content (AvgIpc) is 3.06. The molecule has 1 aromatic heterocycles. The molecule has 1 heterocycles. The van der Waals surface area contributed by atoms with Gasteiger partial charge in [0.05, 0.1) is 13.1 Å². The number of fused-ring (bicyclic) bond motifs is 1. The average molecular weight is 354 g/mol. The summed E-state index contributed by atoms with van der Waals surface area (Å²) >= 11 is 0. The van der Waals surface area contributed by atoms with Crippen LogP contribution in [0.15, 0.2) is 59.6 Å². The van der Waals surface area contributed by atoms with Gasteiger partial charge in [-0.3, -0.25) is 4.99 Å². The summed E-state index contributed by atoms with van der Waals surface area (Å²) in [7, 11) is 1.71. The lowest BCUT2D eigenvalue weighted by molar-refractivity contribution is 0.214. The monoisotopic (exact) mass is 354 g/mol. The Hall–Kier alpha value is -3.02. The Morgan fingerprint density at radius 2 is 1.92 bits per heavy atom. The van der Waals surface area contributed by atoms with E-state index in [-0.39, 0.29) is 17.7 Å². The minimum atomic E-state index is -0.360. The number of aromatic amines is 1. The van der Waals surface area contributed by atoms with Crippen molar-refractivity contribution in [1.82, 2.24) is 15.6 Å². The van der Waals surface area contributed by atoms with Gasteiger partial charge in [0.25, 0.3) is 0 Å². The second-order valence-corrected chi connectivity index (χ2v) is 6.05. The van der Waals surface area contributed by atoms with Gasteiger partial charge in [-0.25, -0.2) is 4.39 Å². The Kier molecular flexibility index (Phi) is 5.73. The van der Waals surface area contributed by atoms with Crippen molar-refractivity contribution in [2.75, 3.05) is 13.6 Å². The molecule has 0 aliphatic heterocycles. The number of guanidine groups is 1. The van der Waals surface area contributed by atoms with Crippen LogP contribution in [0, 0.1) is 5.82 Å². The third kappa shape index (κ3) is 4.53. The SMILES string of the molecule is CN=C(NCc1cc2ccccc2[nH]1)NCC(C)Oc1ccccc1F. The zero-order valence-corrected chi connectivity index (χ0v) is 14.9. The third-order valence-corrected chi connectivity index (χ3v) is 3.98. The predicted octanol–water partition coefficient (Wildman–Crippen LogP) is 3.44. The Morgan fingerprint density at radius 3 is 2.69 bits per heavy atom. The molecule has 3 rings (SSSR count). The number of hydrogen-bond acceptors (Lipinski definition) is 2. The van der Waals surface area contributed by atoms with E-state index in [2.05, 4.69) is 32.7 Å². The highest BCUT2D eigenvalue weighted by molar-refractivity contribution is 5.81. The first-order valence-corrected chi connectivity index (χ1v) is 8.58. The van der Waals surface area contributed by atoms with Crippen molar-refractivity contribution in [3.63, 3.8) is 0 Å². The van der Waals surface area contributed by atoms with Gasteiger partial charge in [-0.2, -0.15) is 0 Å². The molecule has 0 fully saturated rings. The van der Waals surface area contributed by atoms with Gasteiger partial charge in [-0.1, -0.05) is 30.3 Å². The van der Waals surface area contributed by atoms with E-state index in [0.717, 1.165) is 11.2 Å². The molecule has 0 radical (unpaired) electrons. The molecule has 0 saturated heterocycles. The molecule has 0 spiro atoms. The number of ether oxygens (including phenoxy) is 1. The summed E-state index contributed by atoms with van der Waals surface area (Å²) in [5.41, 5.74) is 2.18. The van der Waals surface area contributed by atoms with Gasteiger partial charge in [0, 0.05) is 18.3 Å². The summed E-state index contributed by atoms with van der Waals surface area (Å²) in [6.45, 7) is 3.00. The molecule has 0 aliphatic rings. The minimum Gasteiger partial charge on any atom is -0.486 e. The second kappa shape index (κ2) is 8.38. The van der Waals surface area contributed by atoms with E-state index < -0.39 is 0 Å². The molecule has 0 aliphatic carbocycles. The van der Waals surface area contributed by atoms with Crippen LogP contribution >= 0.6 is 0 Å². The first kappa shape index (κ1) is 17.8. The zero-order valence-electron chi connectivity index (χ0n) is 14.9. The molecule has 2 aromatic carbocycles. The van der Waals surface area contributed by atoms with Crippen LogP contribution in [0.25, 0.3) is 10.9 Å². The number of para-hydroxylation sites is 2. The van der Waals surface area contributed by atoms with Crippen LogP contribution in [0.5, 0.6) is 5.75 Å². The smallest absolute Gasteiger partial charge is 0.191 e. The molecule has 0 saturated carbocycles. The van der Waals surface area contributed by atoms with E-state index in [9.17, 15) is 4.39 Å². The number of H-pyrrole nitrogens is 1. The largest absolute Gasteiger partial charge is 0.486 e. The molecular formula is C20H23FN4O. The highest BCUT2D eigenvalue weighted by Gasteiger charge is 2.09. The van der Waals surface area contributed by atoms with E-state index >= 15 is 0 Å². The van der Waals surface area contributed by atoms with Crippen molar-refractivity contribution in [1.29, 1.82) is 0 Å². The molecule has 3 N–H and O–H groups in total. The van der Waals surface area contributed by atoms with Crippen LogP contribution in [0.1, 0.15) is 12.6 Å². The summed E-state index contributed by atoms with van der Waals surface area (Å²) < 4.78 is 19.2. The third-order valence-electron chi connectivity index (χ3n) is 3.98. The van der Waals surface area contributed by atoms with Crippen molar-refractivity contribution >= 4 is 16.9 Å². The maximum atomic E-state index is 13.6. The highest BCUT2D eigenvalue weighted by Crippen LogP contribution is 2.17. The molecular weight excluding hydrogens is 331 g/mol. The molecule has 0 bridgehead atoms. The molecule has 26 heavy (non-hydrogen) atoms. The fourth-order valence-electron chi connectivity index (χ4n) is 2.67. The number of benzene rings is 2. The molecule has 5 nitrogen and oxygen atoms in total. The summed E-state index contributed by atoms with van der Waals surface area (Å²) in [5.74, 6) is 0.552. The van der Waals surface area contributed by atoms with Gasteiger partial charge in [0.1, 0.15) is 6.10 Å². The van der Waals surface area contributed by atoms with Gasteiger partial charge >= 0.3 is 0 Å². The predicted molar refractivity (Wildman–Crippen MR) is 103 cm³/mol. The molecule has 3 aromatic rings. The first-order chi connectivity index (χ1) is 12.7. The number of aliphatic imine (C=N–C) groups is 1. The number of nitrogens with one attached hydrogen (secondary N) is 3. The van der Waals surface area contributed by atoms with Crippen molar-refractivity contribution in [2.45, 2.75) is 19.6 Å². The second-order valence-electron chi connectivity index (χ2n) is 6.05. The molecule has 6 heteroatoms. The van der Waals surface area contributed by atoms with Crippen molar-refractivity contribution in [3.8, 4) is 5.75 Å². The van der Waals surface area contributed by atoms with Crippen molar-refractivity contribution < 1.29 is 9.13 Å². The van der Waals surface area contributed by atoms with Crippen LogP contribution < -0.4 is 15.4 Å². The lowest BCUT2D eigenvalue weighted by Crippen LogP contribution is -2.41. The molecule has 1 unspecified atom stereocenters. The van der Waals surface area contributed by atoms with Crippen LogP contribution in [0.3, 0.4) is 0 Å². The number of rotatable bonds is 6. The Bertz CT molecular complexity index is 857. The van der Waals surface area contributed by atoms with Crippen LogP contribution in [-0.2, 0) is 6.54 Å². The molecule has 136 valence electrons. The van der Waals surface area contributed by atoms with Gasteiger partial charge < -0.3 is 20.4 Å². The van der Waals surface area contributed by atoms with Gasteiger partial charge in [0.15, 0.2) is 17.5 Å². The van der Waals surface area contributed by atoms with E-state index in [1.54, 1.807) is 25.2 Å². The summed E-state index contributed by atoms with van der Waals surface area (Å²) in [4.78, 5) is 7.57. The van der Waals surface area contributed by atoms with E-state index in [4.69, 9.17) is 4.74 Å². The quantitative estimate of drug-likeness (QED) is 0.469. The molecule has 1 atom stereocenters. The number of aromatic nitrogens is 1. The van der Waals surface area contributed by atoms with Crippen molar-refractivity contribution in [3.05, 3.63) is 66.1 Å². The van der Waals surface area contributed by atoms with Gasteiger partial charge in [0.2, 0.25) is 0 Å². The summed E-state index contributed by atoms with van der Waals surface area (Å²) in [6.07, 6.45) is -0.210. The Morgan fingerprint density at radius 1 is 1.15 bits per heavy atom. The lowest BCUT2D eigenvalue weighted by atomic mass is 10.2. The Labute approximate surface area is 152 Å². The first-order valence-electron chi connectivity index (χ1n) is 8.58. The lowest BCUT2D eigenvalue weighted by Gasteiger charge is -2.18. The normalized spacial score (nSPS) is 12.8. The van der Waals surface area contributed by atoms with E-state index in [0.29, 0.717) is 19.0 Å². The molecule has 0 amide bonds. The highest BCUT2D eigenvalue weighted by atomic mass is 19.1. The maximum absolute atomic E-state index is 13.6.